The molecule has 0 saturated carbocycles. The van der Waals surface area contributed by atoms with Crippen molar-refractivity contribution in [3.8, 4) is 5.88 Å². The minimum absolute atomic E-state index is 0.388. The Hall–Kier alpha value is -1.46. The van der Waals surface area contributed by atoms with Crippen LogP contribution in [0.3, 0.4) is 0 Å². The van der Waals surface area contributed by atoms with E-state index in [0.29, 0.717) is 19.0 Å². The van der Waals surface area contributed by atoms with Crippen LogP contribution in [0.5, 0.6) is 5.88 Å². The SMILES string of the molecule is NCc1cnc(OCc2cccc(Br)c2)cn1. The summed E-state index contributed by atoms with van der Waals surface area (Å²) >= 11 is 3.41. The van der Waals surface area contributed by atoms with Crippen molar-refractivity contribution in [3.63, 3.8) is 0 Å². The van der Waals surface area contributed by atoms with Gasteiger partial charge in [0.05, 0.1) is 18.1 Å². The van der Waals surface area contributed by atoms with Gasteiger partial charge in [0.25, 0.3) is 0 Å². The van der Waals surface area contributed by atoms with Crippen LogP contribution in [0.2, 0.25) is 0 Å². The molecule has 0 aliphatic heterocycles. The van der Waals surface area contributed by atoms with Crippen LogP contribution in [-0.4, -0.2) is 9.97 Å². The smallest absolute Gasteiger partial charge is 0.232 e. The number of benzene rings is 1. The summed E-state index contributed by atoms with van der Waals surface area (Å²) in [5, 5.41) is 0. The molecular weight excluding hydrogens is 282 g/mol. The van der Waals surface area contributed by atoms with Crippen LogP contribution in [0.1, 0.15) is 11.3 Å². The van der Waals surface area contributed by atoms with Crippen molar-refractivity contribution in [1.82, 2.24) is 9.97 Å². The fraction of sp³-hybridized carbons (Fsp3) is 0.167. The molecule has 0 atom stereocenters. The van der Waals surface area contributed by atoms with E-state index in [2.05, 4.69) is 25.9 Å². The number of halogens is 1. The topological polar surface area (TPSA) is 61.0 Å². The third-order valence-electron chi connectivity index (χ3n) is 2.17. The molecule has 0 saturated heterocycles. The van der Waals surface area contributed by atoms with E-state index in [9.17, 15) is 0 Å². The van der Waals surface area contributed by atoms with Gasteiger partial charge in [-0.1, -0.05) is 28.1 Å². The second-order valence-electron chi connectivity index (χ2n) is 3.47. The van der Waals surface area contributed by atoms with E-state index in [-0.39, 0.29) is 0 Å². The Morgan fingerprint density at radius 1 is 1.24 bits per heavy atom. The molecule has 1 aromatic heterocycles. The molecule has 0 unspecified atom stereocenters. The van der Waals surface area contributed by atoms with Gasteiger partial charge in [-0.15, -0.1) is 0 Å². The highest BCUT2D eigenvalue weighted by atomic mass is 79.9. The molecule has 0 spiro atoms. The van der Waals surface area contributed by atoms with Gasteiger partial charge in [0.2, 0.25) is 5.88 Å². The predicted molar refractivity (Wildman–Crippen MR) is 68.4 cm³/mol. The number of rotatable bonds is 4. The lowest BCUT2D eigenvalue weighted by atomic mass is 10.2. The number of nitrogens with zero attached hydrogens (tertiary/aromatic N) is 2. The molecule has 0 fully saturated rings. The van der Waals surface area contributed by atoms with Gasteiger partial charge in [-0.2, -0.15) is 0 Å². The maximum atomic E-state index is 5.51. The van der Waals surface area contributed by atoms with Crippen molar-refractivity contribution in [3.05, 3.63) is 52.4 Å². The molecule has 0 bridgehead atoms. The molecule has 17 heavy (non-hydrogen) atoms. The first kappa shape index (κ1) is 12.0. The maximum Gasteiger partial charge on any atom is 0.232 e. The Morgan fingerprint density at radius 3 is 2.76 bits per heavy atom. The lowest BCUT2D eigenvalue weighted by Gasteiger charge is -2.05. The quantitative estimate of drug-likeness (QED) is 0.939. The highest BCUT2D eigenvalue weighted by Crippen LogP contribution is 2.13. The summed E-state index contributed by atoms with van der Waals surface area (Å²) in [5.74, 6) is 0.502. The minimum atomic E-state index is 0.388. The van der Waals surface area contributed by atoms with Crippen molar-refractivity contribution in [2.24, 2.45) is 5.73 Å². The average molecular weight is 294 g/mol. The van der Waals surface area contributed by atoms with Crippen LogP contribution in [-0.2, 0) is 13.2 Å². The Balaban J connectivity index is 1.97. The predicted octanol–water partition coefficient (Wildman–Crippen LogP) is 2.28. The highest BCUT2D eigenvalue weighted by molar-refractivity contribution is 9.10. The van der Waals surface area contributed by atoms with Crippen LogP contribution in [0, 0.1) is 0 Å². The second-order valence-corrected chi connectivity index (χ2v) is 4.38. The maximum absolute atomic E-state index is 5.51. The molecule has 0 radical (unpaired) electrons. The Bertz CT molecular complexity index is 487. The number of aromatic nitrogens is 2. The van der Waals surface area contributed by atoms with E-state index in [4.69, 9.17) is 10.5 Å². The normalized spacial score (nSPS) is 10.2. The number of hydrogen-bond acceptors (Lipinski definition) is 4. The van der Waals surface area contributed by atoms with Crippen molar-refractivity contribution in [2.75, 3.05) is 0 Å². The number of ether oxygens (including phenoxy) is 1. The molecule has 0 aliphatic carbocycles. The zero-order valence-corrected chi connectivity index (χ0v) is 10.7. The summed E-state index contributed by atoms with van der Waals surface area (Å²) in [4.78, 5) is 8.22. The second kappa shape index (κ2) is 5.75. The summed E-state index contributed by atoms with van der Waals surface area (Å²) in [6.07, 6.45) is 3.20. The van der Waals surface area contributed by atoms with Gasteiger partial charge in [-0.25, -0.2) is 4.98 Å². The van der Waals surface area contributed by atoms with Gasteiger partial charge in [0.15, 0.2) is 0 Å². The largest absolute Gasteiger partial charge is 0.472 e. The molecule has 1 heterocycles. The lowest BCUT2D eigenvalue weighted by molar-refractivity contribution is 0.292. The van der Waals surface area contributed by atoms with Gasteiger partial charge < -0.3 is 10.5 Å². The fourth-order valence-corrected chi connectivity index (χ4v) is 1.75. The Morgan fingerprint density at radius 2 is 2.12 bits per heavy atom. The van der Waals surface area contributed by atoms with Crippen molar-refractivity contribution in [2.45, 2.75) is 13.2 Å². The molecule has 2 rings (SSSR count). The summed E-state index contributed by atoms with van der Waals surface area (Å²) in [6, 6.07) is 7.93. The molecule has 0 amide bonds. The van der Waals surface area contributed by atoms with E-state index >= 15 is 0 Å². The van der Waals surface area contributed by atoms with Gasteiger partial charge in [-0.05, 0) is 17.7 Å². The monoisotopic (exact) mass is 293 g/mol. The van der Waals surface area contributed by atoms with Crippen molar-refractivity contribution >= 4 is 15.9 Å². The van der Waals surface area contributed by atoms with Crippen LogP contribution in [0.25, 0.3) is 0 Å². The van der Waals surface area contributed by atoms with Crippen LogP contribution in [0.4, 0.5) is 0 Å². The Labute approximate surface area is 108 Å². The van der Waals surface area contributed by atoms with Gasteiger partial charge >= 0.3 is 0 Å². The first-order valence-electron chi connectivity index (χ1n) is 5.16. The number of nitrogens with two attached hydrogens (primary N) is 1. The molecule has 1 aromatic carbocycles. The fourth-order valence-electron chi connectivity index (χ4n) is 1.31. The van der Waals surface area contributed by atoms with E-state index < -0.39 is 0 Å². The molecule has 0 aliphatic rings. The minimum Gasteiger partial charge on any atom is -0.472 e. The molecule has 5 heteroatoms. The van der Waals surface area contributed by atoms with Gasteiger partial charge in [-0.3, -0.25) is 4.98 Å². The van der Waals surface area contributed by atoms with Crippen LogP contribution >= 0.6 is 15.9 Å². The van der Waals surface area contributed by atoms with Crippen LogP contribution < -0.4 is 10.5 Å². The average Bonchev–Trinajstić information content (AvgIpc) is 2.37. The summed E-state index contributed by atoms with van der Waals surface area (Å²) in [7, 11) is 0. The van der Waals surface area contributed by atoms with Gasteiger partial charge in [0, 0.05) is 11.0 Å². The Kier molecular flexibility index (Phi) is 4.06. The summed E-state index contributed by atoms with van der Waals surface area (Å²) in [6.45, 7) is 0.856. The summed E-state index contributed by atoms with van der Waals surface area (Å²) < 4.78 is 6.54. The first-order chi connectivity index (χ1) is 8.28. The van der Waals surface area contributed by atoms with E-state index in [1.54, 1.807) is 12.4 Å². The number of hydrogen-bond donors (Lipinski definition) is 1. The lowest BCUT2D eigenvalue weighted by Crippen LogP contribution is -2.02. The van der Waals surface area contributed by atoms with Crippen LogP contribution in [0.15, 0.2) is 41.1 Å². The molecule has 88 valence electrons. The third-order valence-corrected chi connectivity index (χ3v) is 2.66. The van der Waals surface area contributed by atoms with E-state index in [1.807, 2.05) is 24.3 Å². The van der Waals surface area contributed by atoms with Crippen molar-refractivity contribution < 1.29 is 4.74 Å². The van der Waals surface area contributed by atoms with Gasteiger partial charge in [0.1, 0.15) is 6.61 Å². The third kappa shape index (κ3) is 3.51. The van der Waals surface area contributed by atoms with E-state index in [0.717, 1.165) is 15.7 Å². The molecular formula is C12H12BrN3O. The molecule has 2 N–H and O–H groups in total. The highest BCUT2D eigenvalue weighted by Gasteiger charge is 1.99. The standard InChI is InChI=1S/C12H12BrN3O/c13-10-3-1-2-9(4-10)8-17-12-7-15-11(5-14)6-16-12/h1-4,6-7H,5,8,14H2. The summed E-state index contributed by atoms with van der Waals surface area (Å²) in [5.41, 5.74) is 7.26. The van der Waals surface area contributed by atoms with E-state index in [1.165, 1.54) is 0 Å². The zero-order valence-electron chi connectivity index (χ0n) is 9.14. The van der Waals surface area contributed by atoms with Crippen molar-refractivity contribution in [1.29, 1.82) is 0 Å². The molecule has 2 aromatic rings. The zero-order chi connectivity index (χ0) is 12.1. The first-order valence-corrected chi connectivity index (χ1v) is 5.95. The molecule has 4 nitrogen and oxygen atoms in total.